The number of halogens is 1. The van der Waals surface area contributed by atoms with Crippen molar-refractivity contribution < 1.29 is 0 Å². The van der Waals surface area contributed by atoms with Crippen LogP contribution in [0.4, 0.5) is 5.82 Å². The zero-order valence-corrected chi connectivity index (χ0v) is 8.67. The minimum Gasteiger partial charge on any atom is -0.366 e. The molecule has 1 aromatic rings. The van der Waals surface area contributed by atoms with Crippen molar-refractivity contribution in [3.8, 4) is 0 Å². The van der Waals surface area contributed by atoms with Gasteiger partial charge < -0.3 is 5.32 Å². The second-order valence-corrected chi connectivity index (χ2v) is 3.46. The SMILES string of the molecule is CCCC(C)Nc1ccc(Cl)nn1. The molecule has 1 N–H and O–H groups in total. The predicted octanol–water partition coefficient (Wildman–Crippen LogP) is 2.73. The molecule has 0 aromatic carbocycles. The van der Waals surface area contributed by atoms with Crippen LogP contribution in [-0.2, 0) is 0 Å². The third-order valence-corrected chi connectivity index (χ3v) is 1.95. The van der Waals surface area contributed by atoms with Gasteiger partial charge in [0.15, 0.2) is 5.15 Å². The quantitative estimate of drug-likeness (QED) is 0.811. The maximum Gasteiger partial charge on any atom is 0.151 e. The molecular formula is C9H14ClN3. The van der Waals surface area contributed by atoms with E-state index in [2.05, 4.69) is 29.4 Å². The molecule has 0 aliphatic carbocycles. The number of nitrogens with one attached hydrogen (secondary N) is 1. The molecule has 1 aromatic heterocycles. The summed E-state index contributed by atoms with van der Waals surface area (Å²) in [6.07, 6.45) is 2.29. The summed E-state index contributed by atoms with van der Waals surface area (Å²) in [6, 6.07) is 4.00. The number of anilines is 1. The van der Waals surface area contributed by atoms with Crippen molar-refractivity contribution >= 4 is 17.4 Å². The molecule has 0 spiro atoms. The van der Waals surface area contributed by atoms with Crippen LogP contribution < -0.4 is 5.32 Å². The normalized spacial score (nSPS) is 12.5. The van der Waals surface area contributed by atoms with Crippen molar-refractivity contribution in [2.24, 2.45) is 0 Å². The lowest BCUT2D eigenvalue weighted by Crippen LogP contribution is -2.15. The second-order valence-electron chi connectivity index (χ2n) is 3.08. The highest BCUT2D eigenvalue weighted by molar-refractivity contribution is 6.29. The van der Waals surface area contributed by atoms with Crippen molar-refractivity contribution in [3.05, 3.63) is 17.3 Å². The fraction of sp³-hybridized carbons (Fsp3) is 0.556. The van der Waals surface area contributed by atoms with E-state index in [1.165, 1.54) is 0 Å². The molecule has 0 aliphatic heterocycles. The summed E-state index contributed by atoms with van der Waals surface area (Å²) in [6.45, 7) is 4.28. The van der Waals surface area contributed by atoms with Gasteiger partial charge in [-0.05, 0) is 25.5 Å². The monoisotopic (exact) mass is 199 g/mol. The van der Waals surface area contributed by atoms with Gasteiger partial charge in [-0.2, -0.15) is 0 Å². The molecule has 13 heavy (non-hydrogen) atoms. The molecule has 4 heteroatoms. The summed E-state index contributed by atoms with van der Waals surface area (Å²) in [5.41, 5.74) is 0. The van der Waals surface area contributed by atoms with Crippen LogP contribution in [-0.4, -0.2) is 16.2 Å². The number of nitrogens with zero attached hydrogens (tertiary/aromatic N) is 2. The third-order valence-electron chi connectivity index (χ3n) is 1.75. The Morgan fingerprint density at radius 2 is 2.23 bits per heavy atom. The molecule has 1 atom stereocenters. The minimum atomic E-state index is 0.425. The summed E-state index contributed by atoms with van der Waals surface area (Å²) in [5.74, 6) is 0.783. The Morgan fingerprint density at radius 3 is 2.77 bits per heavy atom. The van der Waals surface area contributed by atoms with Crippen molar-refractivity contribution in [2.75, 3.05) is 5.32 Å². The Kier molecular flexibility index (Phi) is 3.96. The van der Waals surface area contributed by atoms with Crippen LogP contribution in [0, 0.1) is 0 Å². The third kappa shape index (κ3) is 3.59. The maximum absolute atomic E-state index is 5.61. The summed E-state index contributed by atoms with van der Waals surface area (Å²) in [5, 5.41) is 11.3. The van der Waals surface area contributed by atoms with E-state index in [-0.39, 0.29) is 0 Å². The predicted molar refractivity (Wildman–Crippen MR) is 55.0 cm³/mol. The van der Waals surface area contributed by atoms with Crippen LogP contribution in [0.25, 0.3) is 0 Å². The average molecular weight is 200 g/mol. The molecule has 0 saturated carbocycles. The van der Waals surface area contributed by atoms with Gasteiger partial charge in [0.1, 0.15) is 5.82 Å². The number of hydrogen-bond acceptors (Lipinski definition) is 3. The van der Waals surface area contributed by atoms with Gasteiger partial charge in [-0.25, -0.2) is 0 Å². The molecule has 0 bridgehead atoms. The van der Waals surface area contributed by atoms with Gasteiger partial charge in [-0.1, -0.05) is 24.9 Å². The van der Waals surface area contributed by atoms with E-state index in [0.717, 1.165) is 18.7 Å². The van der Waals surface area contributed by atoms with Crippen LogP contribution >= 0.6 is 11.6 Å². The van der Waals surface area contributed by atoms with Gasteiger partial charge in [0.05, 0.1) is 0 Å². The second kappa shape index (κ2) is 5.02. The van der Waals surface area contributed by atoms with Crippen molar-refractivity contribution in [1.29, 1.82) is 0 Å². The van der Waals surface area contributed by atoms with E-state index in [0.29, 0.717) is 11.2 Å². The van der Waals surface area contributed by atoms with Crippen molar-refractivity contribution in [1.82, 2.24) is 10.2 Å². The first kappa shape index (κ1) is 10.3. The fourth-order valence-corrected chi connectivity index (χ4v) is 1.25. The van der Waals surface area contributed by atoms with Crippen LogP contribution in [0.1, 0.15) is 26.7 Å². The largest absolute Gasteiger partial charge is 0.366 e. The first-order valence-corrected chi connectivity index (χ1v) is 4.86. The number of aromatic nitrogens is 2. The average Bonchev–Trinajstić information content (AvgIpc) is 2.09. The Morgan fingerprint density at radius 1 is 1.46 bits per heavy atom. The van der Waals surface area contributed by atoms with Gasteiger partial charge in [0.25, 0.3) is 0 Å². The van der Waals surface area contributed by atoms with E-state index in [4.69, 9.17) is 11.6 Å². The highest BCUT2D eigenvalue weighted by Gasteiger charge is 2.01. The Hall–Kier alpha value is -0.830. The summed E-state index contributed by atoms with van der Waals surface area (Å²) in [7, 11) is 0. The smallest absolute Gasteiger partial charge is 0.151 e. The molecule has 72 valence electrons. The first-order valence-electron chi connectivity index (χ1n) is 4.48. The molecule has 0 radical (unpaired) electrons. The minimum absolute atomic E-state index is 0.425. The molecule has 0 fully saturated rings. The van der Waals surface area contributed by atoms with Crippen molar-refractivity contribution in [3.63, 3.8) is 0 Å². The van der Waals surface area contributed by atoms with Crippen LogP contribution in [0.15, 0.2) is 12.1 Å². The van der Waals surface area contributed by atoms with Crippen LogP contribution in [0.2, 0.25) is 5.15 Å². The van der Waals surface area contributed by atoms with E-state index in [9.17, 15) is 0 Å². The molecule has 1 unspecified atom stereocenters. The zero-order valence-electron chi connectivity index (χ0n) is 7.92. The highest BCUT2D eigenvalue weighted by Crippen LogP contribution is 2.08. The van der Waals surface area contributed by atoms with Gasteiger partial charge in [0.2, 0.25) is 0 Å². The van der Waals surface area contributed by atoms with Gasteiger partial charge >= 0.3 is 0 Å². The summed E-state index contributed by atoms with van der Waals surface area (Å²) >= 11 is 5.61. The topological polar surface area (TPSA) is 37.8 Å². The lowest BCUT2D eigenvalue weighted by atomic mass is 10.2. The molecular weight excluding hydrogens is 186 g/mol. The Balaban J connectivity index is 2.49. The molecule has 0 aliphatic rings. The Labute approximate surface area is 83.5 Å². The van der Waals surface area contributed by atoms with Crippen LogP contribution in [0.3, 0.4) is 0 Å². The van der Waals surface area contributed by atoms with E-state index < -0.39 is 0 Å². The number of rotatable bonds is 4. The van der Waals surface area contributed by atoms with Gasteiger partial charge in [-0.15, -0.1) is 10.2 Å². The van der Waals surface area contributed by atoms with Gasteiger partial charge in [-0.3, -0.25) is 0 Å². The molecule has 0 amide bonds. The van der Waals surface area contributed by atoms with Crippen LogP contribution in [0.5, 0.6) is 0 Å². The molecule has 0 saturated heterocycles. The first-order chi connectivity index (χ1) is 6.22. The lowest BCUT2D eigenvalue weighted by molar-refractivity contribution is 0.685. The summed E-state index contributed by atoms with van der Waals surface area (Å²) < 4.78 is 0. The lowest BCUT2D eigenvalue weighted by Gasteiger charge is -2.12. The van der Waals surface area contributed by atoms with E-state index >= 15 is 0 Å². The molecule has 1 heterocycles. The summed E-state index contributed by atoms with van der Waals surface area (Å²) in [4.78, 5) is 0. The van der Waals surface area contributed by atoms with Gasteiger partial charge in [0, 0.05) is 6.04 Å². The fourth-order valence-electron chi connectivity index (χ4n) is 1.15. The standard InChI is InChI=1S/C9H14ClN3/c1-3-4-7(2)11-9-6-5-8(10)12-13-9/h5-7H,3-4H2,1-2H3,(H,11,13). The van der Waals surface area contributed by atoms with E-state index in [1.807, 2.05) is 6.07 Å². The Bertz CT molecular complexity index is 248. The van der Waals surface area contributed by atoms with E-state index in [1.54, 1.807) is 6.07 Å². The van der Waals surface area contributed by atoms with Crippen molar-refractivity contribution in [2.45, 2.75) is 32.7 Å². The molecule has 1 rings (SSSR count). The zero-order chi connectivity index (χ0) is 9.68. The number of hydrogen-bond donors (Lipinski definition) is 1. The molecule has 3 nitrogen and oxygen atoms in total. The maximum atomic E-state index is 5.61. The highest BCUT2D eigenvalue weighted by atomic mass is 35.5.